The van der Waals surface area contributed by atoms with Gasteiger partial charge in [0.2, 0.25) is 0 Å². The lowest BCUT2D eigenvalue weighted by Gasteiger charge is -2.14. The Balaban J connectivity index is 1.60. The number of nitrogens with zero attached hydrogens (tertiary/aromatic N) is 3. The van der Waals surface area contributed by atoms with Crippen LogP contribution in [0.25, 0.3) is 16.9 Å². The molecule has 0 saturated heterocycles. The highest BCUT2D eigenvalue weighted by atomic mass is 35.5. The van der Waals surface area contributed by atoms with Gasteiger partial charge < -0.3 is 9.84 Å². The van der Waals surface area contributed by atoms with Gasteiger partial charge in [-0.15, -0.1) is 0 Å². The summed E-state index contributed by atoms with van der Waals surface area (Å²) in [5, 5.41) is 11.9. The zero-order valence-electron chi connectivity index (χ0n) is 17.2. The first-order valence-corrected chi connectivity index (χ1v) is 10.1. The predicted molar refractivity (Wildman–Crippen MR) is 116 cm³/mol. The average Bonchev–Trinajstić information content (AvgIpc) is 3.32. The quantitative estimate of drug-likeness (QED) is 0.451. The number of amides is 1. The molecular weight excluding hydrogens is 419 g/mol. The van der Waals surface area contributed by atoms with Gasteiger partial charge in [-0.3, -0.25) is 4.79 Å². The molecule has 158 valence electrons. The van der Waals surface area contributed by atoms with Crippen molar-refractivity contribution in [1.29, 1.82) is 0 Å². The molecule has 2 heterocycles. The Bertz CT molecular complexity index is 1250. The Morgan fingerprint density at radius 2 is 1.87 bits per heavy atom. The van der Waals surface area contributed by atoms with Gasteiger partial charge in [0.05, 0.1) is 22.9 Å². The van der Waals surface area contributed by atoms with Crippen molar-refractivity contribution in [2.24, 2.45) is 0 Å². The van der Waals surface area contributed by atoms with Crippen LogP contribution in [-0.2, 0) is 0 Å². The summed E-state index contributed by atoms with van der Waals surface area (Å²) < 4.78 is 20.2. The number of halogens is 2. The van der Waals surface area contributed by atoms with Gasteiger partial charge in [0.1, 0.15) is 22.8 Å². The molecule has 0 aliphatic rings. The molecule has 0 aliphatic carbocycles. The van der Waals surface area contributed by atoms with E-state index in [2.05, 4.69) is 15.6 Å². The molecule has 1 unspecified atom stereocenters. The Hall–Kier alpha value is -3.45. The Kier molecular flexibility index (Phi) is 5.61. The molecule has 2 aromatic heterocycles. The molecule has 8 heteroatoms. The van der Waals surface area contributed by atoms with Crippen molar-refractivity contribution in [3.8, 4) is 16.9 Å². The smallest absolute Gasteiger partial charge is 0.257 e. The van der Waals surface area contributed by atoms with Crippen molar-refractivity contribution in [2.75, 3.05) is 0 Å². The number of benzene rings is 2. The fourth-order valence-corrected chi connectivity index (χ4v) is 3.74. The highest BCUT2D eigenvalue weighted by molar-refractivity contribution is 6.33. The molecule has 0 aliphatic heterocycles. The third kappa shape index (κ3) is 3.96. The zero-order valence-corrected chi connectivity index (χ0v) is 17.9. The van der Waals surface area contributed by atoms with E-state index in [0.29, 0.717) is 27.6 Å². The van der Waals surface area contributed by atoms with Crippen molar-refractivity contribution < 1.29 is 13.7 Å². The van der Waals surface area contributed by atoms with Gasteiger partial charge >= 0.3 is 0 Å². The minimum absolute atomic E-state index is 0.312. The molecule has 6 nitrogen and oxygen atoms in total. The number of carbonyl (C=O) groups is 1. The molecule has 4 rings (SSSR count). The highest BCUT2D eigenvalue weighted by Crippen LogP contribution is 2.31. The zero-order chi connectivity index (χ0) is 22.1. The summed E-state index contributed by atoms with van der Waals surface area (Å²) in [6.07, 6.45) is 1.69. The summed E-state index contributed by atoms with van der Waals surface area (Å²) in [4.78, 5) is 13.1. The van der Waals surface area contributed by atoms with Gasteiger partial charge in [0.25, 0.3) is 5.91 Å². The number of aromatic nitrogens is 3. The van der Waals surface area contributed by atoms with Crippen LogP contribution in [0.2, 0.25) is 5.02 Å². The Morgan fingerprint density at radius 3 is 2.58 bits per heavy atom. The molecule has 0 bridgehead atoms. The van der Waals surface area contributed by atoms with Crippen LogP contribution in [0.5, 0.6) is 0 Å². The van der Waals surface area contributed by atoms with Crippen molar-refractivity contribution in [3.05, 3.63) is 88.1 Å². The van der Waals surface area contributed by atoms with Crippen molar-refractivity contribution in [2.45, 2.75) is 26.8 Å². The fraction of sp³-hybridized carbons (Fsp3) is 0.174. The van der Waals surface area contributed by atoms with Gasteiger partial charge in [-0.1, -0.05) is 35.0 Å². The summed E-state index contributed by atoms with van der Waals surface area (Å²) in [5.74, 6) is -0.235. The van der Waals surface area contributed by atoms with Gasteiger partial charge in [0.15, 0.2) is 0 Å². The van der Waals surface area contributed by atoms with Crippen LogP contribution in [0.1, 0.15) is 40.3 Å². The Morgan fingerprint density at radius 1 is 1.16 bits per heavy atom. The fourth-order valence-electron chi connectivity index (χ4n) is 3.51. The standard InChI is InChI=1S/C23H20ClFN4O2/c1-13(19-12-26-29(14(19)2)17-10-8-16(25)9-11-17)27-23(30)21-15(3)31-28-22(21)18-6-4-5-7-20(18)24/h4-13H,1-3H3,(H,27,30). The SMILES string of the molecule is Cc1onc(-c2ccccc2Cl)c1C(=O)NC(C)c1cnn(-c2ccc(F)cc2)c1C. The highest BCUT2D eigenvalue weighted by Gasteiger charge is 2.25. The summed E-state index contributed by atoms with van der Waals surface area (Å²) in [5.41, 5.74) is 3.77. The number of aryl methyl sites for hydroxylation is 1. The van der Waals surface area contributed by atoms with E-state index in [1.165, 1.54) is 12.1 Å². The molecule has 0 fully saturated rings. The molecule has 1 amide bonds. The molecule has 0 radical (unpaired) electrons. The van der Waals surface area contributed by atoms with E-state index in [4.69, 9.17) is 16.1 Å². The van der Waals surface area contributed by atoms with E-state index in [0.717, 1.165) is 16.9 Å². The predicted octanol–water partition coefficient (Wildman–Crippen LogP) is 5.43. The molecular formula is C23H20ClFN4O2. The largest absolute Gasteiger partial charge is 0.360 e. The minimum Gasteiger partial charge on any atom is -0.360 e. The monoisotopic (exact) mass is 438 g/mol. The van der Waals surface area contributed by atoms with E-state index in [1.807, 2.05) is 26.0 Å². The molecule has 0 saturated carbocycles. The van der Waals surface area contributed by atoms with Gasteiger partial charge in [-0.2, -0.15) is 5.10 Å². The van der Waals surface area contributed by atoms with Crippen LogP contribution in [0, 0.1) is 19.7 Å². The first-order valence-electron chi connectivity index (χ1n) is 9.69. The van der Waals surface area contributed by atoms with E-state index in [1.54, 1.807) is 42.1 Å². The van der Waals surface area contributed by atoms with Crippen LogP contribution in [0.3, 0.4) is 0 Å². The molecule has 31 heavy (non-hydrogen) atoms. The maximum atomic E-state index is 13.2. The first-order chi connectivity index (χ1) is 14.9. The van der Waals surface area contributed by atoms with Crippen molar-refractivity contribution in [1.82, 2.24) is 20.3 Å². The lowest BCUT2D eigenvalue weighted by atomic mass is 10.0. The average molecular weight is 439 g/mol. The van der Waals surface area contributed by atoms with Crippen molar-refractivity contribution >= 4 is 17.5 Å². The van der Waals surface area contributed by atoms with E-state index < -0.39 is 0 Å². The summed E-state index contributed by atoms with van der Waals surface area (Å²) in [6.45, 7) is 5.45. The summed E-state index contributed by atoms with van der Waals surface area (Å²) in [7, 11) is 0. The topological polar surface area (TPSA) is 73.0 Å². The first kappa shape index (κ1) is 20.8. The van der Waals surface area contributed by atoms with Crippen molar-refractivity contribution in [3.63, 3.8) is 0 Å². The number of nitrogens with one attached hydrogen (secondary N) is 1. The van der Waals surface area contributed by atoms with E-state index in [-0.39, 0.29) is 17.8 Å². The van der Waals surface area contributed by atoms with Crippen LogP contribution in [0.4, 0.5) is 4.39 Å². The maximum Gasteiger partial charge on any atom is 0.257 e. The normalized spacial score (nSPS) is 12.0. The number of rotatable bonds is 5. The minimum atomic E-state index is -0.338. The molecule has 0 spiro atoms. The maximum absolute atomic E-state index is 13.2. The van der Waals surface area contributed by atoms with Crippen LogP contribution >= 0.6 is 11.6 Å². The van der Waals surface area contributed by atoms with Crippen LogP contribution < -0.4 is 5.32 Å². The lowest BCUT2D eigenvalue weighted by molar-refractivity contribution is 0.0939. The van der Waals surface area contributed by atoms with Gasteiger partial charge in [-0.05, 0) is 51.1 Å². The molecule has 1 atom stereocenters. The van der Waals surface area contributed by atoms with E-state index in [9.17, 15) is 9.18 Å². The van der Waals surface area contributed by atoms with Crippen LogP contribution in [0.15, 0.2) is 59.3 Å². The van der Waals surface area contributed by atoms with Gasteiger partial charge in [-0.25, -0.2) is 9.07 Å². The second-order valence-corrected chi connectivity index (χ2v) is 7.62. The second kappa shape index (κ2) is 8.35. The molecule has 2 aromatic carbocycles. The van der Waals surface area contributed by atoms with Crippen LogP contribution in [-0.4, -0.2) is 20.8 Å². The Labute approximate surface area is 183 Å². The second-order valence-electron chi connectivity index (χ2n) is 7.21. The molecule has 1 N–H and O–H groups in total. The summed E-state index contributed by atoms with van der Waals surface area (Å²) >= 11 is 6.29. The number of carbonyl (C=O) groups excluding carboxylic acids is 1. The third-order valence-electron chi connectivity index (χ3n) is 5.15. The molecule has 4 aromatic rings. The number of hydrogen-bond acceptors (Lipinski definition) is 4. The lowest BCUT2D eigenvalue weighted by Crippen LogP contribution is -2.27. The third-order valence-corrected chi connectivity index (χ3v) is 5.48. The summed E-state index contributed by atoms with van der Waals surface area (Å²) in [6, 6.07) is 12.9. The van der Waals surface area contributed by atoms with Gasteiger partial charge in [0, 0.05) is 16.8 Å². The van der Waals surface area contributed by atoms with E-state index >= 15 is 0 Å². The number of hydrogen-bond donors (Lipinski definition) is 1.